The Morgan fingerprint density at radius 2 is 0.672 bits per heavy atom. The smallest absolute Gasteiger partial charge is 0.306 e. The molecular formula is C59H104O5. The minimum Gasteiger partial charge on any atom is -0.462 e. The molecule has 0 aromatic heterocycles. The summed E-state index contributed by atoms with van der Waals surface area (Å²) in [4.78, 5) is 24.5. The third kappa shape index (κ3) is 52.0. The Balaban J connectivity index is 3.48. The van der Waals surface area contributed by atoms with E-state index in [1.807, 2.05) is 0 Å². The average Bonchev–Trinajstić information content (AvgIpc) is 3.30. The van der Waals surface area contributed by atoms with Gasteiger partial charge in [0.2, 0.25) is 0 Å². The molecule has 0 rings (SSSR count). The lowest BCUT2D eigenvalue weighted by Crippen LogP contribution is -2.28. The summed E-state index contributed by atoms with van der Waals surface area (Å²) >= 11 is 0. The third-order valence-corrected chi connectivity index (χ3v) is 12.0. The molecule has 0 aliphatic heterocycles. The molecule has 0 fully saturated rings. The van der Waals surface area contributed by atoms with Crippen LogP contribution < -0.4 is 0 Å². The molecular weight excluding hydrogens is 789 g/mol. The first-order valence-electron chi connectivity index (χ1n) is 27.5. The molecule has 0 spiro atoms. The van der Waals surface area contributed by atoms with Crippen molar-refractivity contribution in [2.24, 2.45) is 0 Å². The third-order valence-electron chi connectivity index (χ3n) is 12.0. The van der Waals surface area contributed by atoms with Gasteiger partial charge in [-0.25, -0.2) is 0 Å². The Bertz CT molecular complexity index is 1150. The lowest BCUT2D eigenvalue weighted by Gasteiger charge is -2.15. The van der Waals surface area contributed by atoms with Gasteiger partial charge in [0, 0.05) is 12.8 Å². The van der Waals surface area contributed by atoms with Gasteiger partial charge in [0.05, 0.1) is 6.61 Å². The lowest BCUT2D eigenvalue weighted by molar-refractivity contribution is -0.161. The van der Waals surface area contributed by atoms with Crippen LogP contribution in [0.5, 0.6) is 0 Å². The first-order chi connectivity index (χ1) is 31.6. The summed E-state index contributed by atoms with van der Waals surface area (Å²) in [6.07, 6.45) is 74.4. The normalized spacial score (nSPS) is 12.7. The Kier molecular flexibility index (Phi) is 52.4. The molecule has 0 heterocycles. The van der Waals surface area contributed by atoms with Crippen molar-refractivity contribution in [2.45, 2.75) is 277 Å². The number of hydrogen-bond acceptors (Lipinski definition) is 5. The Morgan fingerprint density at radius 1 is 0.375 bits per heavy atom. The molecule has 1 atom stereocenters. The van der Waals surface area contributed by atoms with Crippen LogP contribution in [-0.4, -0.2) is 36.4 Å². The molecule has 0 aromatic carbocycles. The number of ether oxygens (including phenoxy) is 2. The molecule has 0 saturated heterocycles. The number of aliphatic hydroxyl groups excluding tert-OH is 1. The van der Waals surface area contributed by atoms with Gasteiger partial charge in [0.1, 0.15) is 6.61 Å². The zero-order valence-corrected chi connectivity index (χ0v) is 42.3. The highest BCUT2D eigenvalue weighted by molar-refractivity contribution is 5.70. The average molecular weight is 893 g/mol. The summed E-state index contributed by atoms with van der Waals surface area (Å²) in [5.74, 6) is -0.581. The van der Waals surface area contributed by atoms with Gasteiger partial charge in [-0.15, -0.1) is 0 Å². The van der Waals surface area contributed by atoms with Crippen LogP contribution >= 0.6 is 0 Å². The van der Waals surface area contributed by atoms with Crippen molar-refractivity contribution in [1.29, 1.82) is 0 Å². The van der Waals surface area contributed by atoms with E-state index in [4.69, 9.17) is 9.47 Å². The molecule has 64 heavy (non-hydrogen) atoms. The van der Waals surface area contributed by atoms with Gasteiger partial charge in [-0.1, -0.05) is 267 Å². The summed E-state index contributed by atoms with van der Waals surface area (Å²) in [7, 11) is 0. The SMILES string of the molecule is CC/C=C\C/C=C\C/C=C\C/C=C\C/C=C\C/C=C\CCCCCCCCCCCCCCCCC(=O)OC(CO)COC(=O)CCCCCCCCCCCCCCCCCCC. The van der Waals surface area contributed by atoms with Crippen LogP contribution in [0, 0.1) is 0 Å². The topological polar surface area (TPSA) is 72.8 Å². The number of carbonyl (C=O) groups excluding carboxylic acids is 2. The number of carbonyl (C=O) groups is 2. The van der Waals surface area contributed by atoms with E-state index in [1.165, 1.54) is 167 Å². The number of aliphatic hydroxyl groups is 1. The monoisotopic (exact) mass is 893 g/mol. The molecule has 5 nitrogen and oxygen atoms in total. The summed E-state index contributed by atoms with van der Waals surface area (Å²) in [6, 6.07) is 0. The van der Waals surface area contributed by atoms with Crippen molar-refractivity contribution in [3.63, 3.8) is 0 Å². The van der Waals surface area contributed by atoms with E-state index in [2.05, 4.69) is 86.8 Å². The molecule has 0 amide bonds. The van der Waals surface area contributed by atoms with Gasteiger partial charge in [-0.3, -0.25) is 9.59 Å². The van der Waals surface area contributed by atoms with Crippen LogP contribution in [0.4, 0.5) is 0 Å². The quantitative estimate of drug-likeness (QED) is 0.0374. The lowest BCUT2D eigenvalue weighted by atomic mass is 10.0. The predicted octanol–water partition coefficient (Wildman–Crippen LogP) is 18.4. The van der Waals surface area contributed by atoms with Crippen molar-refractivity contribution in [3.8, 4) is 0 Å². The summed E-state index contributed by atoms with van der Waals surface area (Å²) in [6.45, 7) is 4.05. The van der Waals surface area contributed by atoms with Crippen molar-refractivity contribution < 1.29 is 24.2 Å². The molecule has 0 aliphatic rings. The van der Waals surface area contributed by atoms with Gasteiger partial charge in [0.25, 0.3) is 0 Å². The molecule has 0 saturated carbocycles. The van der Waals surface area contributed by atoms with Gasteiger partial charge < -0.3 is 14.6 Å². The Morgan fingerprint density at radius 3 is 1.02 bits per heavy atom. The Labute approximate surface area is 397 Å². The predicted molar refractivity (Wildman–Crippen MR) is 279 cm³/mol. The summed E-state index contributed by atoms with van der Waals surface area (Å²) < 4.78 is 10.7. The standard InChI is InChI=1S/C59H104O5/c1-3-5-7-9-11-13-15-17-19-21-22-23-24-25-26-27-28-29-30-31-32-33-34-35-36-38-40-42-44-46-48-50-52-54-59(62)64-57(55-60)56-63-58(61)53-51-49-47-45-43-41-39-37-20-18-16-14-12-10-8-6-4-2/h5,7,11,13,17,19,22-23,25-26,28-29,57,60H,3-4,6,8-10,12,14-16,18,20-21,24,27,30-56H2,1-2H3/b7-5-,13-11-,19-17-,23-22-,26-25-,29-28-. The van der Waals surface area contributed by atoms with Gasteiger partial charge in [-0.05, 0) is 64.2 Å². The fraction of sp³-hybridized carbons (Fsp3) is 0.763. The number of esters is 2. The number of allylic oxidation sites excluding steroid dienone is 12. The van der Waals surface area contributed by atoms with E-state index in [0.717, 1.165) is 77.0 Å². The van der Waals surface area contributed by atoms with Crippen molar-refractivity contribution in [3.05, 3.63) is 72.9 Å². The van der Waals surface area contributed by atoms with Crippen LogP contribution in [0.1, 0.15) is 271 Å². The van der Waals surface area contributed by atoms with E-state index >= 15 is 0 Å². The number of unbranched alkanes of at least 4 members (excludes halogenated alkanes) is 30. The largest absolute Gasteiger partial charge is 0.462 e. The first kappa shape index (κ1) is 61.3. The molecule has 1 unspecified atom stereocenters. The summed E-state index contributed by atoms with van der Waals surface area (Å²) in [5, 5.41) is 9.64. The highest BCUT2D eigenvalue weighted by Gasteiger charge is 2.16. The van der Waals surface area contributed by atoms with E-state index in [0.29, 0.717) is 12.8 Å². The maximum absolute atomic E-state index is 12.3. The number of rotatable bonds is 50. The molecule has 1 N–H and O–H groups in total. The minimum absolute atomic E-state index is 0.0637. The molecule has 5 heteroatoms. The van der Waals surface area contributed by atoms with E-state index in [9.17, 15) is 14.7 Å². The second kappa shape index (κ2) is 54.7. The molecule has 0 bridgehead atoms. The van der Waals surface area contributed by atoms with E-state index < -0.39 is 6.10 Å². The molecule has 0 aliphatic carbocycles. The zero-order chi connectivity index (χ0) is 46.3. The van der Waals surface area contributed by atoms with Crippen LogP contribution in [0.15, 0.2) is 72.9 Å². The van der Waals surface area contributed by atoms with Crippen LogP contribution in [0.3, 0.4) is 0 Å². The van der Waals surface area contributed by atoms with E-state index in [-0.39, 0.29) is 25.2 Å². The maximum atomic E-state index is 12.3. The fourth-order valence-corrected chi connectivity index (χ4v) is 7.91. The van der Waals surface area contributed by atoms with Crippen LogP contribution in [-0.2, 0) is 19.1 Å². The van der Waals surface area contributed by atoms with Crippen molar-refractivity contribution >= 4 is 11.9 Å². The van der Waals surface area contributed by atoms with Crippen LogP contribution in [0.2, 0.25) is 0 Å². The summed E-state index contributed by atoms with van der Waals surface area (Å²) in [5.41, 5.74) is 0. The van der Waals surface area contributed by atoms with Crippen molar-refractivity contribution in [1.82, 2.24) is 0 Å². The van der Waals surface area contributed by atoms with Crippen LogP contribution in [0.25, 0.3) is 0 Å². The van der Waals surface area contributed by atoms with Crippen molar-refractivity contribution in [2.75, 3.05) is 13.2 Å². The molecule has 0 aromatic rings. The highest BCUT2D eigenvalue weighted by Crippen LogP contribution is 2.16. The second-order valence-corrected chi connectivity index (χ2v) is 18.3. The highest BCUT2D eigenvalue weighted by atomic mass is 16.6. The zero-order valence-electron chi connectivity index (χ0n) is 42.3. The molecule has 0 radical (unpaired) electrons. The maximum Gasteiger partial charge on any atom is 0.306 e. The minimum atomic E-state index is -0.772. The molecule has 370 valence electrons. The second-order valence-electron chi connectivity index (χ2n) is 18.3. The van der Waals surface area contributed by atoms with E-state index in [1.54, 1.807) is 0 Å². The first-order valence-corrected chi connectivity index (χ1v) is 27.5. The Hall–Kier alpha value is -2.66. The van der Waals surface area contributed by atoms with Gasteiger partial charge >= 0.3 is 11.9 Å². The number of hydrogen-bond donors (Lipinski definition) is 1. The fourth-order valence-electron chi connectivity index (χ4n) is 7.91. The van der Waals surface area contributed by atoms with Gasteiger partial charge in [0.15, 0.2) is 6.10 Å². The van der Waals surface area contributed by atoms with Gasteiger partial charge in [-0.2, -0.15) is 0 Å².